The van der Waals surface area contributed by atoms with Crippen LogP contribution in [0.25, 0.3) is 16.6 Å². The van der Waals surface area contributed by atoms with Crippen molar-refractivity contribution in [3.8, 4) is 0 Å². The Kier molecular flexibility index (Phi) is 5.07. The van der Waals surface area contributed by atoms with Crippen molar-refractivity contribution < 1.29 is 4.79 Å². The molecule has 1 aliphatic rings. The monoisotopic (exact) mass is 365 g/mol. The van der Waals surface area contributed by atoms with Gasteiger partial charge in [0.05, 0.1) is 5.52 Å². The molecule has 0 spiro atoms. The number of hydrogen-bond donors (Lipinski definition) is 2. The Morgan fingerprint density at radius 1 is 1.33 bits per heavy atom. The molecule has 0 radical (unpaired) electrons. The zero-order valence-electron chi connectivity index (χ0n) is 16.1. The topological polar surface area (TPSA) is 71.3 Å². The molecule has 1 aliphatic heterocycles. The third-order valence-electron chi connectivity index (χ3n) is 5.61. The summed E-state index contributed by atoms with van der Waals surface area (Å²) in [7, 11) is 0. The summed E-state index contributed by atoms with van der Waals surface area (Å²) < 4.78 is 1.92. The molecule has 27 heavy (non-hydrogen) atoms. The van der Waals surface area contributed by atoms with Gasteiger partial charge in [-0.25, -0.2) is 9.50 Å². The fourth-order valence-corrected chi connectivity index (χ4v) is 4.02. The van der Waals surface area contributed by atoms with Crippen molar-refractivity contribution in [1.29, 1.82) is 0 Å². The van der Waals surface area contributed by atoms with Crippen LogP contribution in [0, 0.1) is 19.8 Å². The maximum absolute atomic E-state index is 12.3. The molecule has 6 heteroatoms. The molecular weight excluding hydrogens is 338 g/mol. The van der Waals surface area contributed by atoms with Crippen LogP contribution in [-0.4, -0.2) is 40.1 Å². The van der Waals surface area contributed by atoms with Crippen molar-refractivity contribution in [2.24, 2.45) is 5.92 Å². The molecule has 1 amide bonds. The van der Waals surface area contributed by atoms with Crippen molar-refractivity contribution in [3.05, 3.63) is 41.2 Å². The molecule has 142 valence electrons. The molecule has 1 aromatic carbocycles. The van der Waals surface area contributed by atoms with Crippen LogP contribution in [0.2, 0.25) is 0 Å². The lowest BCUT2D eigenvalue weighted by atomic mass is 9.99. The lowest BCUT2D eigenvalue weighted by Crippen LogP contribution is -2.38. The van der Waals surface area contributed by atoms with Gasteiger partial charge in [-0.1, -0.05) is 12.1 Å². The van der Waals surface area contributed by atoms with Gasteiger partial charge in [0, 0.05) is 29.7 Å². The van der Waals surface area contributed by atoms with Crippen LogP contribution in [0.3, 0.4) is 0 Å². The number of benzene rings is 1. The third kappa shape index (κ3) is 3.67. The Bertz CT molecular complexity index is 972. The maximum atomic E-state index is 12.3. The minimum Gasteiger partial charge on any atom is -0.356 e. The highest BCUT2D eigenvalue weighted by molar-refractivity contribution is 5.92. The average Bonchev–Trinajstić information content (AvgIpc) is 3.06. The number of nitrogens with zero attached hydrogens (tertiary/aromatic N) is 3. The van der Waals surface area contributed by atoms with E-state index in [1.54, 1.807) is 0 Å². The van der Waals surface area contributed by atoms with E-state index in [1.165, 1.54) is 12.8 Å². The van der Waals surface area contributed by atoms with Gasteiger partial charge in [0.25, 0.3) is 0 Å². The Balaban J connectivity index is 1.46. The van der Waals surface area contributed by atoms with E-state index in [1.807, 2.05) is 29.6 Å². The number of aryl methyl sites for hydroxylation is 2. The molecule has 1 saturated heterocycles. The van der Waals surface area contributed by atoms with E-state index in [-0.39, 0.29) is 5.91 Å². The second-order valence-electron chi connectivity index (χ2n) is 7.53. The fraction of sp³-hybridized carbons (Fsp3) is 0.476. The van der Waals surface area contributed by atoms with Crippen LogP contribution < -0.4 is 10.6 Å². The summed E-state index contributed by atoms with van der Waals surface area (Å²) in [6.07, 6.45) is 3.56. The van der Waals surface area contributed by atoms with E-state index in [4.69, 9.17) is 4.98 Å². The summed E-state index contributed by atoms with van der Waals surface area (Å²) in [5.41, 5.74) is 5.00. The highest BCUT2D eigenvalue weighted by Crippen LogP contribution is 2.22. The van der Waals surface area contributed by atoms with Crippen LogP contribution in [0.5, 0.6) is 0 Å². The van der Waals surface area contributed by atoms with Gasteiger partial charge in [0.1, 0.15) is 0 Å². The smallest absolute Gasteiger partial charge is 0.220 e. The number of aromatic nitrogens is 3. The number of piperidine rings is 1. The zero-order chi connectivity index (χ0) is 18.8. The number of rotatable bonds is 5. The Labute approximate surface area is 159 Å². The number of amides is 1. The molecule has 1 atom stereocenters. The minimum absolute atomic E-state index is 0.116. The van der Waals surface area contributed by atoms with E-state index in [0.29, 0.717) is 18.8 Å². The summed E-state index contributed by atoms with van der Waals surface area (Å²) >= 11 is 0. The second-order valence-corrected chi connectivity index (χ2v) is 7.53. The van der Waals surface area contributed by atoms with Crippen LogP contribution in [-0.2, 0) is 11.2 Å². The van der Waals surface area contributed by atoms with Crippen molar-refractivity contribution in [1.82, 2.24) is 25.2 Å². The molecule has 2 N–H and O–H groups in total. The van der Waals surface area contributed by atoms with Crippen molar-refractivity contribution >= 4 is 22.5 Å². The molecule has 2 aromatic heterocycles. The van der Waals surface area contributed by atoms with Gasteiger partial charge in [-0.15, -0.1) is 0 Å². The van der Waals surface area contributed by atoms with Gasteiger partial charge in [0.2, 0.25) is 5.91 Å². The van der Waals surface area contributed by atoms with E-state index < -0.39 is 0 Å². The summed E-state index contributed by atoms with van der Waals surface area (Å²) in [4.78, 5) is 17.1. The fourth-order valence-electron chi connectivity index (χ4n) is 4.02. The second kappa shape index (κ2) is 7.64. The van der Waals surface area contributed by atoms with Crippen molar-refractivity contribution in [2.75, 3.05) is 19.6 Å². The van der Waals surface area contributed by atoms with Gasteiger partial charge >= 0.3 is 0 Å². The van der Waals surface area contributed by atoms with E-state index in [9.17, 15) is 4.79 Å². The predicted molar refractivity (Wildman–Crippen MR) is 107 cm³/mol. The summed E-state index contributed by atoms with van der Waals surface area (Å²) in [5, 5.41) is 12.2. The van der Waals surface area contributed by atoms with Gasteiger partial charge in [-0.3, -0.25) is 4.79 Å². The maximum Gasteiger partial charge on any atom is 0.220 e. The van der Waals surface area contributed by atoms with Crippen molar-refractivity contribution in [3.63, 3.8) is 0 Å². The SMILES string of the molecule is Cc1nc2c3ccccc3nn2c(C)c1CCC(=O)NCC1CCCNC1. The largest absolute Gasteiger partial charge is 0.356 e. The number of fused-ring (bicyclic) bond motifs is 3. The lowest BCUT2D eigenvalue weighted by molar-refractivity contribution is -0.121. The Hall–Kier alpha value is -2.47. The van der Waals surface area contributed by atoms with Gasteiger partial charge in [-0.05, 0) is 69.8 Å². The van der Waals surface area contributed by atoms with Gasteiger partial charge in [-0.2, -0.15) is 5.10 Å². The first kappa shape index (κ1) is 17.9. The number of carbonyl (C=O) groups is 1. The molecule has 3 heterocycles. The van der Waals surface area contributed by atoms with E-state index in [2.05, 4.69) is 28.7 Å². The third-order valence-corrected chi connectivity index (χ3v) is 5.61. The number of nitrogens with one attached hydrogen (secondary N) is 2. The molecule has 0 bridgehead atoms. The zero-order valence-corrected chi connectivity index (χ0v) is 16.1. The van der Waals surface area contributed by atoms with Gasteiger partial charge in [0.15, 0.2) is 5.65 Å². The minimum atomic E-state index is 0.116. The molecule has 3 aromatic rings. The quantitative estimate of drug-likeness (QED) is 0.729. The van der Waals surface area contributed by atoms with Crippen LogP contribution in [0.1, 0.15) is 36.2 Å². The normalized spacial score (nSPS) is 17.5. The summed E-state index contributed by atoms with van der Waals surface area (Å²) in [6, 6.07) is 8.06. The highest BCUT2D eigenvalue weighted by Gasteiger charge is 2.16. The first-order valence-electron chi connectivity index (χ1n) is 9.84. The van der Waals surface area contributed by atoms with E-state index >= 15 is 0 Å². The summed E-state index contributed by atoms with van der Waals surface area (Å²) in [5.74, 6) is 0.672. The molecule has 6 nitrogen and oxygen atoms in total. The lowest BCUT2D eigenvalue weighted by Gasteiger charge is -2.22. The molecule has 1 unspecified atom stereocenters. The predicted octanol–water partition coefficient (Wildman–Crippen LogP) is 2.55. The van der Waals surface area contributed by atoms with E-state index in [0.717, 1.165) is 53.1 Å². The molecule has 0 aliphatic carbocycles. The number of carbonyl (C=O) groups excluding carboxylic acids is 1. The molecule has 4 rings (SSSR count). The average molecular weight is 365 g/mol. The van der Waals surface area contributed by atoms with Crippen LogP contribution in [0.4, 0.5) is 0 Å². The van der Waals surface area contributed by atoms with Gasteiger partial charge < -0.3 is 10.6 Å². The summed E-state index contributed by atoms with van der Waals surface area (Å²) in [6.45, 7) is 6.96. The standard InChI is InChI=1S/C21H27N5O/c1-14-17(9-10-20(27)23-13-16-6-5-11-22-12-16)15(2)26-21(24-14)18-7-3-4-8-19(18)25-26/h3-4,7-8,16,22H,5-6,9-13H2,1-2H3,(H,23,27). The Morgan fingerprint density at radius 2 is 2.19 bits per heavy atom. The Morgan fingerprint density at radius 3 is 3.00 bits per heavy atom. The van der Waals surface area contributed by atoms with Crippen LogP contribution >= 0.6 is 0 Å². The molecular formula is C21H27N5O. The molecule has 0 saturated carbocycles. The number of hydrogen-bond acceptors (Lipinski definition) is 4. The highest BCUT2D eigenvalue weighted by atomic mass is 16.1. The first-order chi connectivity index (χ1) is 13.1. The molecule has 1 fully saturated rings. The first-order valence-corrected chi connectivity index (χ1v) is 9.84. The van der Waals surface area contributed by atoms with Crippen molar-refractivity contribution in [2.45, 2.75) is 39.5 Å². The van der Waals surface area contributed by atoms with Crippen LogP contribution in [0.15, 0.2) is 24.3 Å².